The van der Waals surface area contributed by atoms with Crippen LogP contribution in [-0.2, 0) is 0 Å². The highest BCUT2D eigenvalue weighted by molar-refractivity contribution is 7.37. The van der Waals surface area contributed by atoms with Crippen LogP contribution in [0, 0.1) is 6.92 Å². The Labute approximate surface area is 83.9 Å². The van der Waals surface area contributed by atoms with Crippen LogP contribution in [0.25, 0.3) is 14.4 Å². The first-order valence-electron chi connectivity index (χ1n) is 4.13. The third-order valence-electron chi connectivity index (χ3n) is 2.17. The molecule has 3 heteroatoms. The molecule has 3 aromatic rings. The lowest BCUT2D eigenvalue weighted by Gasteiger charge is -1.81. The summed E-state index contributed by atoms with van der Waals surface area (Å²) in [6.07, 6.45) is 0. The SMILES string of the molecule is Cc1csc2sc3ccccc3[n+]12. The summed E-state index contributed by atoms with van der Waals surface area (Å²) in [6, 6.07) is 8.55. The average Bonchev–Trinajstić information content (AvgIpc) is 2.66. The van der Waals surface area contributed by atoms with E-state index in [9.17, 15) is 0 Å². The topological polar surface area (TPSA) is 4.10 Å². The summed E-state index contributed by atoms with van der Waals surface area (Å²) in [5.74, 6) is 0. The second-order valence-electron chi connectivity index (χ2n) is 3.05. The van der Waals surface area contributed by atoms with E-state index in [1.807, 2.05) is 22.7 Å². The van der Waals surface area contributed by atoms with Crippen molar-refractivity contribution in [2.24, 2.45) is 0 Å². The van der Waals surface area contributed by atoms with Gasteiger partial charge in [-0.1, -0.05) is 34.8 Å². The van der Waals surface area contributed by atoms with Crippen molar-refractivity contribution in [2.75, 3.05) is 0 Å². The summed E-state index contributed by atoms with van der Waals surface area (Å²) in [5.41, 5.74) is 2.67. The van der Waals surface area contributed by atoms with Crippen molar-refractivity contribution in [3.63, 3.8) is 0 Å². The van der Waals surface area contributed by atoms with Gasteiger partial charge in [-0.15, -0.1) is 4.40 Å². The molecule has 2 heterocycles. The fourth-order valence-corrected chi connectivity index (χ4v) is 3.83. The van der Waals surface area contributed by atoms with E-state index in [1.165, 1.54) is 20.1 Å². The fraction of sp³-hybridized carbons (Fsp3) is 0.100. The Morgan fingerprint density at radius 1 is 1.23 bits per heavy atom. The molecule has 0 fully saturated rings. The molecule has 2 aromatic heterocycles. The molecular formula is C10H8NS2+. The molecular weight excluding hydrogens is 198 g/mol. The molecule has 13 heavy (non-hydrogen) atoms. The van der Waals surface area contributed by atoms with E-state index >= 15 is 0 Å². The van der Waals surface area contributed by atoms with Crippen LogP contribution in [0.1, 0.15) is 5.69 Å². The zero-order valence-electron chi connectivity index (χ0n) is 7.15. The molecule has 3 rings (SSSR count). The van der Waals surface area contributed by atoms with E-state index in [0.717, 1.165) is 0 Å². The van der Waals surface area contributed by atoms with Crippen LogP contribution < -0.4 is 4.40 Å². The van der Waals surface area contributed by atoms with E-state index in [4.69, 9.17) is 0 Å². The van der Waals surface area contributed by atoms with Crippen molar-refractivity contribution in [1.29, 1.82) is 0 Å². The maximum atomic E-state index is 2.32. The van der Waals surface area contributed by atoms with Crippen molar-refractivity contribution in [3.8, 4) is 0 Å². The maximum absolute atomic E-state index is 2.32. The van der Waals surface area contributed by atoms with Crippen LogP contribution in [0.4, 0.5) is 0 Å². The van der Waals surface area contributed by atoms with Gasteiger partial charge in [-0.05, 0) is 6.07 Å². The smallest absolute Gasteiger partial charge is 0.138 e. The van der Waals surface area contributed by atoms with Gasteiger partial charge >= 0.3 is 4.14 Å². The molecule has 0 aliphatic rings. The Hall–Kier alpha value is -0.930. The summed E-state index contributed by atoms with van der Waals surface area (Å²) in [4.78, 5) is 0. The van der Waals surface area contributed by atoms with E-state index < -0.39 is 0 Å². The second kappa shape index (κ2) is 2.53. The number of nitrogens with zero attached hydrogens (tertiary/aromatic N) is 1. The van der Waals surface area contributed by atoms with Gasteiger partial charge in [0.15, 0.2) is 5.69 Å². The van der Waals surface area contributed by atoms with Crippen molar-refractivity contribution < 1.29 is 4.40 Å². The predicted octanol–water partition coefficient (Wildman–Crippen LogP) is 3.01. The number of rotatable bonds is 0. The lowest BCUT2D eigenvalue weighted by atomic mass is 10.3. The maximum Gasteiger partial charge on any atom is 0.326 e. The zero-order valence-corrected chi connectivity index (χ0v) is 8.78. The summed E-state index contributed by atoms with van der Waals surface area (Å²) in [6.45, 7) is 2.16. The van der Waals surface area contributed by atoms with Gasteiger partial charge in [0, 0.05) is 13.0 Å². The molecule has 0 bridgehead atoms. The van der Waals surface area contributed by atoms with Crippen LogP contribution in [0.5, 0.6) is 0 Å². The van der Waals surface area contributed by atoms with Gasteiger partial charge in [0.2, 0.25) is 5.52 Å². The van der Waals surface area contributed by atoms with Crippen LogP contribution in [0.15, 0.2) is 29.6 Å². The van der Waals surface area contributed by atoms with E-state index in [2.05, 4.69) is 41.0 Å². The standard InChI is InChI=1S/C10H8NS2/c1-7-6-12-10-11(7)8-4-2-3-5-9(8)13-10/h2-6H,1H3/q+1. The highest BCUT2D eigenvalue weighted by Crippen LogP contribution is 2.25. The number of hydrogen-bond acceptors (Lipinski definition) is 2. The number of hydrogen-bond donors (Lipinski definition) is 0. The molecule has 0 N–H and O–H groups in total. The molecule has 0 saturated heterocycles. The Morgan fingerprint density at radius 2 is 2.08 bits per heavy atom. The molecule has 0 aliphatic heterocycles. The van der Waals surface area contributed by atoms with Gasteiger partial charge in [-0.2, -0.15) is 0 Å². The quantitative estimate of drug-likeness (QED) is 0.498. The van der Waals surface area contributed by atoms with Gasteiger partial charge in [0.1, 0.15) is 4.70 Å². The first-order chi connectivity index (χ1) is 6.36. The van der Waals surface area contributed by atoms with Crippen molar-refractivity contribution in [3.05, 3.63) is 35.3 Å². The first-order valence-corrected chi connectivity index (χ1v) is 5.83. The summed E-state index contributed by atoms with van der Waals surface area (Å²) in [7, 11) is 0. The van der Waals surface area contributed by atoms with Crippen molar-refractivity contribution in [2.45, 2.75) is 6.92 Å². The monoisotopic (exact) mass is 206 g/mol. The number of para-hydroxylation sites is 1. The highest BCUT2D eigenvalue weighted by atomic mass is 32.2. The van der Waals surface area contributed by atoms with Gasteiger partial charge in [-0.3, -0.25) is 0 Å². The molecule has 0 aliphatic carbocycles. The summed E-state index contributed by atoms with van der Waals surface area (Å²) in [5, 5.41) is 2.21. The molecule has 0 unspecified atom stereocenters. The second-order valence-corrected chi connectivity index (χ2v) is 5.20. The molecule has 0 radical (unpaired) electrons. The minimum absolute atomic E-state index is 1.33. The normalized spacial score (nSPS) is 11.5. The minimum atomic E-state index is 1.33. The molecule has 0 amide bonds. The third-order valence-corrected chi connectivity index (χ3v) is 4.47. The Bertz CT molecular complexity index is 577. The molecule has 64 valence electrons. The van der Waals surface area contributed by atoms with Gasteiger partial charge in [-0.25, -0.2) is 0 Å². The lowest BCUT2D eigenvalue weighted by molar-refractivity contribution is -0.481. The Balaban J connectivity index is 2.66. The number of aryl methyl sites for hydroxylation is 1. The third kappa shape index (κ3) is 0.943. The van der Waals surface area contributed by atoms with Gasteiger partial charge in [0.25, 0.3) is 0 Å². The van der Waals surface area contributed by atoms with Gasteiger partial charge in [0.05, 0.1) is 5.38 Å². The average molecular weight is 206 g/mol. The molecule has 0 spiro atoms. The van der Waals surface area contributed by atoms with Crippen LogP contribution in [0.2, 0.25) is 0 Å². The Kier molecular flexibility index (Phi) is 1.45. The van der Waals surface area contributed by atoms with Crippen LogP contribution in [0.3, 0.4) is 0 Å². The number of aromatic nitrogens is 1. The van der Waals surface area contributed by atoms with E-state index in [1.54, 1.807) is 0 Å². The lowest BCUT2D eigenvalue weighted by Crippen LogP contribution is -2.19. The number of thiazole rings is 2. The molecule has 1 aromatic carbocycles. The minimum Gasteiger partial charge on any atom is -0.138 e. The zero-order chi connectivity index (χ0) is 8.84. The van der Waals surface area contributed by atoms with Gasteiger partial charge < -0.3 is 0 Å². The van der Waals surface area contributed by atoms with E-state index in [-0.39, 0.29) is 0 Å². The van der Waals surface area contributed by atoms with E-state index in [0.29, 0.717) is 0 Å². The molecule has 0 saturated carbocycles. The first kappa shape index (κ1) is 7.47. The highest BCUT2D eigenvalue weighted by Gasteiger charge is 2.16. The molecule has 1 nitrogen and oxygen atoms in total. The van der Waals surface area contributed by atoms with Crippen molar-refractivity contribution in [1.82, 2.24) is 0 Å². The van der Waals surface area contributed by atoms with Crippen LogP contribution >= 0.6 is 22.7 Å². The van der Waals surface area contributed by atoms with Crippen LogP contribution in [-0.4, -0.2) is 0 Å². The largest absolute Gasteiger partial charge is 0.326 e. The fourth-order valence-electron chi connectivity index (χ4n) is 1.57. The molecule has 0 atom stereocenters. The number of benzene rings is 1. The summed E-state index contributed by atoms with van der Waals surface area (Å²) < 4.78 is 5.07. The predicted molar refractivity (Wildman–Crippen MR) is 57.6 cm³/mol. The van der Waals surface area contributed by atoms with Crippen molar-refractivity contribution >= 4 is 37.0 Å². The number of fused-ring (bicyclic) bond motifs is 3. The summed E-state index contributed by atoms with van der Waals surface area (Å²) >= 11 is 3.69. The Morgan fingerprint density at radius 3 is 3.00 bits per heavy atom.